The van der Waals surface area contributed by atoms with E-state index in [1.54, 1.807) is 38.1 Å². The number of carboxylic acid groups (broad SMARTS) is 2. The number of benzene rings is 2. The minimum Gasteiger partial charge on any atom is -0.481 e. The van der Waals surface area contributed by atoms with Crippen molar-refractivity contribution in [3.8, 4) is 0 Å². The second-order valence-corrected chi connectivity index (χ2v) is 8.62. The average Bonchev–Trinajstić information content (AvgIpc) is 2.82. The van der Waals surface area contributed by atoms with E-state index >= 15 is 0 Å². The first-order chi connectivity index (χ1) is 16.3. The molecule has 0 spiro atoms. The number of halogens is 1. The molecule has 2 aliphatic heterocycles. The number of aliphatic carboxylic acids is 2. The summed E-state index contributed by atoms with van der Waals surface area (Å²) in [7, 11) is 0. The fourth-order valence-electron chi connectivity index (χ4n) is 4.33. The lowest BCUT2D eigenvalue weighted by Crippen LogP contribution is -2.43. The van der Waals surface area contributed by atoms with E-state index in [0.29, 0.717) is 27.6 Å². The molecule has 4 rings (SSSR count). The second kappa shape index (κ2) is 11.7. The Balaban J connectivity index is 0.000000226. The molecule has 1 saturated heterocycles. The Morgan fingerprint density at radius 1 is 0.971 bits per heavy atom. The Bertz CT molecular complexity index is 1090. The zero-order valence-electron chi connectivity index (χ0n) is 19.3. The molecule has 34 heavy (non-hydrogen) atoms. The van der Waals surface area contributed by atoms with Crippen LogP contribution in [0.5, 0.6) is 0 Å². The number of dihydropyridines is 1. The molecule has 2 heterocycles. The fourth-order valence-corrected chi connectivity index (χ4v) is 4.58. The quantitative estimate of drug-likeness (QED) is 0.504. The largest absolute Gasteiger partial charge is 0.481 e. The smallest absolute Gasteiger partial charge is 0.334 e. The lowest BCUT2D eigenvalue weighted by Gasteiger charge is -2.30. The number of piperazine rings is 1. The van der Waals surface area contributed by atoms with Gasteiger partial charge in [-0.3, -0.25) is 4.79 Å². The van der Waals surface area contributed by atoms with Gasteiger partial charge in [0.05, 0.1) is 12.0 Å². The Labute approximate surface area is 204 Å². The predicted molar refractivity (Wildman–Crippen MR) is 134 cm³/mol. The summed E-state index contributed by atoms with van der Waals surface area (Å²) in [5.74, 6) is -2.79. The fraction of sp³-hybridized carbons (Fsp3) is 0.308. The van der Waals surface area contributed by atoms with Crippen molar-refractivity contribution in [2.75, 3.05) is 31.1 Å². The first-order valence-corrected chi connectivity index (χ1v) is 11.5. The third-order valence-electron chi connectivity index (χ3n) is 5.92. The normalized spacial score (nSPS) is 18.1. The van der Waals surface area contributed by atoms with Crippen molar-refractivity contribution < 1.29 is 19.8 Å². The molecular weight excluding hydrogens is 454 g/mol. The molecule has 1 unspecified atom stereocenters. The lowest BCUT2D eigenvalue weighted by atomic mass is 9.79. The highest BCUT2D eigenvalue weighted by molar-refractivity contribution is 6.31. The summed E-state index contributed by atoms with van der Waals surface area (Å²) in [6.45, 7) is 7.87. The van der Waals surface area contributed by atoms with E-state index < -0.39 is 17.9 Å². The third kappa shape index (κ3) is 6.18. The number of rotatable bonds is 5. The third-order valence-corrected chi connectivity index (χ3v) is 6.27. The molecule has 1 fully saturated rings. The van der Waals surface area contributed by atoms with Crippen LogP contribution in [0.15, 0.2) is 77.1 Å². The summed E-state index contributed by atoms with van der Waals surface area (Å²) < 4.78 is 0. The molecule has 2 aliphatic rings. The summed E-state index contributed by atoms with van der Waals surface area (Å²) in [5, 5.41) is 25.4. The van der Waals surface area contributed by atoms with Gasteiger partial charge in [-0.2, -0.15) is 0 Å². The van der Waals surface area contributed by atoms with Gasteiger partial charge in [0.15, 0.2) is 0 Å². The molecule has 0 bridgehead atoms. The SMILES string of the molecule is CC1=C(CC(=O)O)C(c2ccccc2Cl)C(C(=O)O)=C(C)N1.c1ccc(N2CCNCC2)cc1. The maximum Gasteiger partial charge on any atom is 0.334 e. The van der Waals surface area contributed by atoms with Crippen LogP contribution in [0.3, 0.4) is 0 Å². The maximum atomic E-state index is 11.7. The number of carboxylic acids is 2. The van der Waals surface area contributed by atoms with Gasteiger partial charge in [0.1, 0.15) is 0 Å². The number of hydrogen-bond donors (Lipinski definition) is 4. The minimum atomic E-state index is -1.09. The molecular formula is C26H30ClN3O4. The summed E-state index contributed by atoms with van der Waals surface area (Å²) in [6, 6.07) is 17.5. The molecule has 8 heteroatoms. The predicted octanol–water partition coefficient (Wildman–Crippen LogP) is 4.23. The van der Waals surface area contributed by atoms with E-state index in [2.05, 4.69) is 45.9 Å². The maximum absolute atomic E-state index is 11.7. The average molecular weight is 484 g/mol. The Morgan fingerprint density at radius 3 is 2.18 bits per heavy atom. The van der Waals surface area contributed by atoms with Gasteiger partial charge in [-0.25, -0.2) is 4.79 Å². The number of anilines is 1. The molecule has 0 amide bonds. The van der Waals surface area contributed by atoms with Crippen LogP contribution in [0.2, 0.25) is 5.02 Å². The van der Waals surface area contributed by atoms with Gasteiger partial charge in [0.2, 0.25) is 0 Å². The summed E-state index contributed by atoms with van der Waals surface area (Å²) in [6.07, 6.45) is -0.251. The number of hydrogen-bond acceptors (Lipinski definition) is 5. The van der Waals surface area contributed by atoms with E-state index in [1.165, 1.54) is 5.69 Å². The summed E-state index contributed by atoms with van der Waals surface area (Å²) >= 11 is 6.22. The monoisotopic (exact) mass is 483 g/mol. The lowest BCUT2D eigenvalue weighted by molar-refractivity contribution is -0.137. The Morgan fingerprint density at radius 2 is 1.59 bits per heavy atom. The zero-order chi connectivity index (χ0) is 24.7. The number of allylic oxidation sites excluding steroid dienone is 2. The zero-order valence-corrected chi connectivity index (χ0v) is 20.1. The number of para-hydroxylation sites is 1. The van der Waals surface area contributed by atoms with Crippen LogP contribution in [-0.4, -0.2) is 48.3 Å². The van der Waals surface area contributed by atoms with Crippen molar-refractivity contribution in [3.05, 3.63) is 87.7 Å². The van der Waals surface area contributed by atoms with Gasteiger partial charge >= 0.3 is 11.9 Å². The number of nitrogens with zero attached hydrogens (tertiary/aromatic N) is 1. The van der Waals surface area contributed by atoms with Crippen LogP contribution in [0.1, 0.15) is 31.7 Å². The first-order valence-electron chi connectivity index (χ1n) is 11.2. The van der Waals surface area contributed by atoms with Crippen LogP contribution in [0, 0.1) is 0 Å². The molecule has 7 nitrogen and oxygen atoms in total. The van der Waals surface area contributed by atoms with Crippen LogP contribution >= 0.6 is 11.6 Å². The van der Waals surface area contributed by atoms with Gasteiger partial charge in [0.25, 0.3) is 0 Å². The molecule has 0 aromatic heterocycles. The van der Waals surface area contributed by atoms with E-state index in [9.17, 15) is 14.7 Å². The van der Waals surface area contributed by atoms with Crippen LogP contribution < -0.4 is 15.5 Å². The summed E-state index contributed by atoms with van der Waals surface area (Å²) in [5.41, 5.74) is 3.70. The highest BCUT2D eigenvalue weighted by atomic mass is 35.5. The molecule has 180 valence electrons. The highest BCUT2D eigenvalue weighted by Gasteiger charge is 2.34. The van der Waals surface area contributed by atoms with Gasteiger partial charge in [-0.15, -0.1) is 0 Å². The summed E-state index contributed by atoms with van der Waals surface area (Å²) in [4.78, 5) is 25.3. The Hall–Kier alpha value is -3.29. The molecule has 0 radical (unpaired) electrons. The van der Waals surface area contributed by atoms with E-state index in [1.807, 2.05) is 0 Å². The number of carbonyl (C=O) groups is 2. The van der Waals surface area contributed by atoms with Crippen LogP contribution in [-0.2, 0) is 9.59 Å². The molecule has 0 saturated carbocycles. The molecule has 0 aliphatic carbocycles. The molecule has 2 aromatic rings. The molecule has 4 N–H and O–H groups in total. The van der Waals surface area contributed by atoms with E-state index in [4.69, 9.17) is 16.7 Å². The van der Waals surface area contributed by atoms with Gasteiger partial charge < -0.3 is 25.7 Å². The minimum absolute atomic E-state index is 0.120. The van der Waals surface area contributed by atoms with Crippen molar-refractivity contribution in [3.63, 3.8) is 0 Å². The molecule has 1 atom stereocenters. The van der Waals surface area contributed by atoms with Crippen molar-refractivity contribution in [2.45, 2.75) is 26.2 Å². The van der Waals surface area contributed by atoms with E-state index in [0.717, 1.165) is 26.2 Å². The molecule has 2 aromatic carbocycles. The standard InChI is InChI=1S/C16H16ClNO4.C10H14N2/c1-8-11(7-13(19)20)15(10-5-3-4-6-12(10)17)14(16(21)22)9(2)18-8;1-2-4-10(5-3-1)12-8-6-11-7-9-12/h3-6,15,18H,7H2,1-2H3,(H,19,20)(H,21,22);1-5,11H,6-9H2. The van der Waals surface area contributed by atoms with Crippen molar-refractivity contribution in [1.82, 2.24) is 10.6 Å². The topological polar surface area (TPSA) is 102 Å². The van der Waals surface area contributed by atoms with E-state index in [-0.39, 0.29) is 12.0 Å². The van der Waals surface area contributed by atoms with Gasteiger partial charge in [0, 0.05) is 54.2 Å². The second-order valence-electron chi connectivity index (χ2n) is 8.22. The Kier molecular flexibility index (Phi) is 8.73. The van der Waals surface area contributed by atoms with Gasteiger partial charge in [-0.05, 0) is 43.2 Å². The highest BCUT2D eigenvalue weighted by Crippen LogP contribution is 2.42. The van der Waals surface area contributed by atoms with Crippen LogP contribution in [0.4, 0.5) is 5.69 Å². The van der Waals surface area contributed by atoms with Crippen LogP contribution in [0.25, 0.3) is 0 Å². The van der Waals surface area contributed by atoms with Crippen molar-refractivity contribution in [1.29, 1.82) is 0 Å². The van der Waals surface area contributed by atoms with Gasteiger partial charge in [-0.1, -0.05) is 48.0 Å². The number of nitrogens with one attached hydrogen (secondary N) is 2. The van der Waals surface area contributed by atoms with Crippen molar-refractivity contribution in [2.24, 2.45) is 0 Å². The first kappa shape index (κ1) is 25.3. The van der Waals surface area contributed by atoms with Crippen molar-refractivity contribution >= 4 is 29.2 Å².